The fourth-order valence-corrected chi connectivity index (χ4v) is 5.56. The third kappa shape index (κ3) is 5.54. The average molecular weight is 419 g/mol. The van der Waals surface area contributed by atoms with E-state index in [1.54, 1.807) is 23.1 Å². The van der Waals surface area contributed by atoms with Crippen LogP contribution in [0, 0.1) is 6.92 Å². The molecule has 1 unspecified atom stereocenters. The molecule has 2 aromatic rings. The number of hydrogen-bond donors (Lipinski definition) is 0. The Morgan fingerprint density at radius 2 is 2.14 bits per heavy atom. The van der Waals surface area contributed by atoms with Gasteiger partial charge in [-0.1, -0.05) is 11.8 Å². The second-order valence-corrected chi connectivity index (χ2v) is 9.57. The van der Waals surface area contributed by atoms with E-state index in [0.717, 1.165) is 56.8 Å². The van der Waals surface area contributed by atoms with E-state index >= 15 is 0 Å². The van der Waals surface area contributed by atoms with E-state index in [0.29, 0.717) is 5.92 Å². The van der Waals surface area contributed by atoms with Crippen LogP contribution in [-0.4, -0.2) is 71.5 Å². The van der Waals surface area contributed by atoms with Crippen molar-refractivity contribution in [1.29, 1.82) is 0 Å². The zero-order valence-corrected chi connectivity index (χ0v) is 18.3. The summed E-state index contributed by atoms with van der Waals surface area (Å²) >= 11 is 3.58. The van der Waals surface area contributed by atoms with Gasteiger partial charge in [-0.15, -0.1) is 0 Å². The van der Waals surface area contributed by atoms with E-state index in [4.69, 9.17) is 9.72 Å². The molecule has 2 fully saturated rings. The van der Waals surface area contributed by atoms with Crippen molar-refractivity contribution in [1.82, 2.24) is 19.8 Å². The van der Waals surface area contributed by atoms with Gasteiger partial charge < -0.3 is 4.74 Å². The number of ether oxygens (including phenoxy) is 1. The van der Waals surface area contributed by atoms with Crippen LogP contribution >= 0.6 is 23.1 Å². The SMILES string of the molecule is Cc1cnc(SCCN2CCOCC2)nc1C1CCCN(Cc2ccsc2)C1. The van der Waals surface area contributed by atoms with Gasteiger partial charge in [-0.3, -0.25) is 9.80 Å². The van der Waals surface area contributed by atoms with Gasteiger partial charge in [-0.2, -0.15) is 11.3 Å². The zero-order valence-electron chi connectivity index (χ0n) is 16.7. The van der Waals surface area contributed by atoms with Crippen molar-refractivity contribution in [2.24, 2.45) is 0 Å². The zero-order chi connectivity index (χ0) is 19.2. The first-order valence-corrected chi connectivity index (χ1v) is 12.2. The van der Waals surface area contributed by atoms with E-state index in [2.05, 4.69) is 38.5 Å². The number of piperidine rings is 1. The summed E-state index contributed by atoms with van der Waals surface area (Å²) in [5.41, 5.74) is 3.93. The van der Waals surface area contributed by atoms with Crippen LogP contribution in [0.25, 0.3) is 0 Å². The Kier molecular flexibility index (Phi) is 7.36. The molecular formula is C21H30N4OS2. The molecule has 0 aromatic carbocycles. The lowest BCUT2D eigenvalue weighted by atomic mass is 9.92. The van der Waals surface area contributed by atoms with Gasteiger partial charge in [0, 0.05) is 50.6 Å². The van der Waals surface area contributed by atoms with E-state index < -0.39 is 0 Å². The Morgan fingerprint density at radius 3 is 2.96 bits per heavy atom. The minimum absolute atomic E-state index is 0.522. The first-order chi connectivity index (χ1) is 13.8. The monoisotopic (exact) mass is 418 g/mol. The van der Waals surface area contributed by atoms with Crippen LogP contribution in [0.3, 0.4) is 0 Å². The predicted molar refractivity (Wildman–Crippen MR) is 116 cm³/mol. The Morgan fingerprint density at radius 1 is 1.25 bits per heavy atom. The van der Waals surface area contributed by atoms with Gasteiger partial charge in [0.15, 0.2) is 5.16 Å². The second-order valence-electron chi connectivity index (χ2n) is 7.73. The smallest absolute Gasteiger partial charge is 0.187 e. The summed E-state index contributed by atoms with van der Waals surface area (Å²) in [6.45, 7) is 10.4. The molecule has 152 valence electrons. The number of hydrogen-bond acceptors (Lipinski definition) is 7. The molecule has 0 aliphatic carbocycles. The van der Waals surface area contributed by atoms with Gasteiger partial charge >= 0.3 is 0 Å². The van der Waals surface area contributed by atoms with Crippen LogP contribution in [0.5, 0.6) is 0 Å². The number of rotatable bonds is 7. The van der Waals surface area contributed by atoms with Gasteiger partial charge in [-0.25, -0.2) is 9.97 Å². The van der Waals surface area contributed by atoms with Gasteiger partial charge in [0.1, 0.15) is 0 Å². The normalized spacial score (nSPS) is 21.8. The third-order valence-electron chi connectivity index (χ3n) is 5.61. The molecule has 0 radical (unpaired) electrons. The largest absolute Gasteiger partial charge is 0.379 e. The number of nitrogens with zero attached hydrogens (tertiary/aromatic N) is 4. The molecule has 0 bridgehead atoms. The Bertz CT molecular complexity index is 734. The van der Waals surface area contributed by atoms with Crippen LogP contribution in [0.2, 0.25) is 0 Å². The summed E-state index contributed by atoms with van der Waals surface area (Å²) in [5.74, 6) is 1.56. The molecule has 2 saturated heterocycles. The number of thioether (sulfide) groups is 1. The lowest BCUT2D eigenvalue weighted by Gasteiger charge is -2.33. The molecule has 2 aliphatic rings. The highest BCUT2D eigenvalue weighted by Gasteiger charge is 2.24. The fraction of sp³-hybridized carbons (Fsp3) is 0.619. The molecular weight excluding hydrogens is 388 g/mol. The average Bonchev–Trinajstić information content (AvgIpc) is 3.23. The van der Waals surface area contributed by atoms with Crippen LogP contribution in [0.4, 0.5) is 0 Å². The quantitative estimate of drug-likeness (QED) is 0.505. The number of aryl methyl sites for hydroxylation is 1. The molecule has 28 heavy (non-hydrogen) atoms. The number of morpholine rings is 1. The molecule has 7 heteroatoms. The molecule has 5 nitrogen and oxygen atoms in total. The van der Waals surface area contributed by atoms with Crippen LogP contribution in [0.15, 0.2) is 28.2 Å². The summed E-state index contributed by atoms with van der Waals surface area (Å²) in [6, 6.07) is 2.24. The predicted octanol–water partition coefficient (Wildman–Crippen LogP) is 3.65. The Labute approximate surface area is 176 Å². The Hall–Kier alpha value is -0.990. The van der Waals surface area contributed by atoms with Crippen LogP contribution in [0.1, 0.15) is 35.6 Å². The first kappa shape index (κ1) is 20.3. The minimum Gasteiger partial charge on any atom is -0.379 e. The molecule has 2 aromatic heterocycles. The van der Waals surface area contributed by atoms with Gasteiger partial charge in [0.05, 0.1) is 18.9 Å². The van der Waals surface area contributed by atoms with Gasteiger partial charge in [0.2, 0.25) is 0 Å². The molecule has 0 spiro atoms. The van der Waals surface area contributed by atoms with E-state index in [9.17, 15) is 0 Å². The van der Waals surface area contributed by atoms with E-state index in [-0.39, 0.29) is 0 Å². The van der Waals surface area contributed by atoms with Crippen molar-refractivity contribution in [2.45, 2.75) is 37.4 Å². The topological polar surface area (TPSA) is 41.5 Å². The maximum atomic E-state index is 5.43. The summed E-state index contributed by atoms with van der Waals surface area (Å²) in [5, 5.41) is 5.37. The molecule has 0 saturated carbocycles. The van der Waals surface area contributed by atoms with Crippen LogP contribution in [-0.2, 0) is 11.3 Å². The lowest BCUT2D eigenvalue weighted by molar-refractivity contribution is 0.0410. The van der Waals surface area contributed by atoms with E-state index in [1.165, 1.54) is 36.2 Å². The van der Waals surface area contributed by atoms with Crippen molar-refractivity contribution in [2.75, 3.05) is 51.7 Å². The summed E-state index contributed by atoms with van der Waals surface area (Å²) in [4.78, 5) is 14.6. The minimum atomic E-state index is 0.522. The highest BCUT2D eigenvalue weighted by molar-refractivity contribution is 7.99. The van der Waals surface area contributed by atoms with Gasteiger partial charge in [0.25, 0.3) is 0 Å². The number of thiophene rings is 1. The maximum absolute atomic E-state index is 5.43. The molecule has 0 N–H and O–H groups in total. The molecule has 1 atom stereocenters. The highest BCUT2D eigenvalue weighted by atomic mass is 32.2. The molecule has 2 aliphatic heterocycles. The van der Waals surface area contributed by atoms with Crippen molar-refractivity contribution < 1.29 is 4.74 Å². The number of likely N-dealkylation sites (tertiary alicyclic amines) is 1. The third-order valence-corrected chi connectivity index (χ3v) is 7.18. The second kappa shape index (κ2) is 10.2. The first-order valence-electron chi connectivity index (χ1n) is 10.3. The van der Waals surface area contributed by atoms with Crippen molar-refractivity contribution in [3.05, 3.63) is 39.8 Å². The lowest BCUT2D eigenvalue weighted by Crippen LogP contribution is -2.37. The maximum Gasteiger partial charge on any atom is 0.187 e. The fourth-order valence-electron chi connectivity index (χ4n) is 4.08. The highest BCUT2D eigenvalue weighted by Crippen LogP contribution is 2.29. The summed E-state index contributed by atoms with van der Waals surface area (Å²) in [6.07, 6.45) is 4.50. The van der Waals surface area contributed by atoms with Crippen molar-refractivity contribution >= 4 is 23.1 Å². The number of aromatic nitrogens is 2. The molecule has 4 heterocycles. The Balaban J connectivity index is 1.34. The summed E-state index contributed by atoms with van der Waals surface area (Å²) in [7, 11) is 0. The standard InChI is InChI=1S/C21H30N4OS2/c1-17-13-22-21(28-12-8-24-6-9-26-10-7-24)23-20(17)19-3-2-5-25(15-19)14-18-4-11-27-16-18/h4,11,13,16,19H,2-3,5-10,12,14-15H2,1H3. The van der Waals surface area contributed by atoms with E-state index in [1.807, 2.05) is 6.20 Å². The summed E-state index contributed by atoms with van der Waals surface area (Å²) < 4.78 is 5.43. The molecule has 4 rings (SSSR count). The van der Waals surface area contributed by atoms with Crippen molar-refractivity contribution in [3.63, 3.8) is 0 Å². The van der Waals surface area contributed by atoms with Crippen molar-refractivity contribution in [3.8, 4) is 0 Å². The molecule has 0 amide bonds. The van der Waals surface area contributed by atoms with Crippen LogP contribution < -0.4 is 0 Å². The van der Waals surface area contributed by atoms with Gasteiger partial charge in [-0.05, 0) is 54.3 Å².